The van der Waals surface area contributed by atoms with E-state index in [1.807, 2.05) is 24.3 Å². The van der Waals surface area contributed by atoms with Gasteiger partial charge in [0.25, 0.3) is 0 Å². The Bertz CT molecular complexity index is 1080. The Hall–Kier alpha value is -3.06. The van der Waals surface area contributed by atoms with Gasteiger partial charge in [-0.05, 0) is 62.7 Å². The number of ether oxygens (including phenoxy) is 1. The highest BCUT2D eigenvalue weighted by Crippen LogP contribution is 2.27. The number of hydrogen-bond donors (Lipinski definition) is 1. The number of fused-ring (bicyclic) bond motifs is 1. The van der Waals surface area contributed by atoms with E-state index in [0.717, 1.165) is 37.2 Å². The first-order valence-corrected chi connectivity index (χ1v) is 10.3. The zero-order chi connectivity index (χ0) is 21.1. The van der Waals surface area contributed by atoms with Crippen LogP contribution in [-0.4, -0.2) is 42.1 Å². The molecule has 1 amide bonds. The summed E-state index contributed by atoms with van der Waals surface area (Å²) >= 11 is 0. The number of hydrogen-bond acceptors (Lipinski definition) is 5. The molecule has 2 heterocycles. The number of carbonyl (C=O) groups excluding carboxylic acids is 1. The predicted octanol–water partition coefficient (Wildman–Crippen LogP) is 3.12. The first kappa shape index (κ1) is 20.2. The second kappa shape index (κ2) is 8.75. The molecular formula is C23H27N3O4. The van der Waals surface area contributed by atoms with Crippen LogP contribution in [0.1, 0.15) is 37.4 Å². The highest BCUT2D eigenvalue weighted by atomic mass is 16.5. The van der Waals surface area contributed by atoms with Gasteiger partial charge in [-0.1, -0.05) is 24.3 Å². The number of nitrogens with zero attached hydrogens (tertiary/aromatic N) is 2. The summed E-state index contributed by atoms with van der Waals surface area (Å²) in [7, 11) is 1.65. The molecule has 2 unspecified atom stereocenters. The molecule has 1 aromatic heterocycles. The zero-order valence-corrected chi connectivity index (χ0v) is 17.3. The van der Waals surface area contributed by atoms with Crippen LogP contribution in [-0.2, 0) is 4.79 Å². The van der Waals surface area contributed by atoms with Gasteiger partial charge in [-0.2, -0.15) is 0 Å². The lowest BCUT2D eigenvalue weighted by Gasteiger charge is -2.29. The molecule has 3 aromatic rings. The normalized spacial score (nSPS) is 16.5. The predicted molar refractivity (Wildman–Crippen MR) is 115 cm³/mol. The van der Waals surface area contributed by atoms with Crippen LogP contribution in [0.25, 0.3) is 11.1 Å². The van der Waals surface area contributed by atoms with E-state index in [0.29, 0.717) is 17.6 Å². The van der Waals surface area contributed by atoms with Crippen molar-refractivity contribution in [2.24, 2.45) is 0 Å². The van der Waals surface area contributed by atoms with Crippen LogP contribution in [0.15, 0.2) is 57.7 Å². The third-order valence-corrected chi connectivity index (χ3v) is 5.82. The summed E-state index contributed by atoms with van der Waals surface area (Å²) in [6, 6.07) is 14.5. The third-order valence-electron chi connectivity index (χ3n) is 5.82. The molecular weight excluding hydrogens is 382 g/mol. The van der Waals surface area contributed by atoms with Gasteiger partial charge < -0.3 is 14.5 Å². The average molecular weight is 409 g/mol. The van der Waals surface area contributed by atoms with Crippen molar-refractivity contribution in [3.63, 3.8) is 0 Å². The zero-order valence-electron chi connectivity index (χ0n) is 17.3. The summed E-state index contributed by atoms with van der Waals surface area (Å²) in [5, 5.41) is 3.05. The minimum absolute atomic E-state index is 0.0524. The van der Waals surface area contributed by atoms with Crippen molar-refractivity contribution in [1.29, 1.82) is 0 Å². The van der Waals surface area contributed by atoms with Crippen molar-refractivity contribution in [2.45, 2.75) is 31.8 Å². The SMILES string of the molecule is COc1cccc(C(CNC(=O)C(C)n2c(=O)oc3ccccc32)N2CCCC2)c1. The molecule has 1 N–H and O–H groups in total. The molecule has 7 heteroatoms. The maximum atomic E-state index is 13.0. The average Bonchev–Trinajstić information content (AvgIpc) is 3.40. The fourth-order valence-electron chi connectivity index (χ4n) is 4.17. The van der Waals surface area contributed by atoms with Gasteiger partial charge in [0.05, 0.1) is 18.7 Å². The lowest BCUT2D eigenvalue weighted by Crippen LogP contribution is -2.40. The Morgan fingerprint density at radius 2 is 1.93 bits per heavy atom. The quantitative estimate of drug-likeness (QED) is 0.649. The number of oxazole rings is 1. The van der Waals surface area contributed by atoms with Crippen LogP contribution in [0.4, 0.5) is 0 Å². The third kappa shape index (κ3) is 3.98. The number of rotatable bonds is 7. The Balaban J connectivity index is 1.53. The van der Waals surface area contributed by atoms with E-state index in [-0.39, 0.29) is 11.9 Å². The van der Waals surface area contributed by atoms with Gasteiger partial charge >= 0.3 is 5.76 Å². The molecule has 0 bridgehead atoms. The fraction of sp³-hybridized carbons (Fsp3) is 0.391. The van der Waals surface area contributed by atoms with Crippen molar-refractivity contribution >= 4 is 17.0 Å². The van der Waals surface area contributed by atoms with E-state index >= 15 is 0 Å². The van der Waals surface area contributed by atoms with Gasteiger partial charge in [0, 0.05) is 6.54 Å². The van der Waals surface area contributed by atoms with Gasteiger partial charge in [-0.3, -0.25) is 14.3 Å². The molecule has 1 aliphatic rings. The largest absolute Gasteiger partial charge is 0.497 e. The van der Waals surface area contributed by atoms with E-state index in [2.05, 4.69) is 16.3 Å². The molecule has 4 rings (SSSR count). The van der Waals surface area contributed by atoms with E-state index in [9.17, 15) is 9.59 Å². The number of para-hydroxylation sites is 2. The van der Waals surface area contributed by atoms with Crippen LogP contribution < -0.4 is 15.8 Å². The molecule has 1 aliphatic heterocycles. The van der Waals surface area contributed by atoms with Crippen LogP contribution in [0.5, 0.6) is 5.75 Å². The fourth-order valence-corrected chi connectivity index (χ4v) is 4.17. The topological polar surface area (TPSA) is 76.7 Å². The number of likely N-dealkylation sites (tertiary alicyclic amines) is 1. The molecule has 0 spiro atoms. The second-order valence-electron chi connectivity index (χ2n) is 7.66. The number of aromatic nitrogens is 1. The monoisotopic (exact) mass is 409 g/mol. The van der Waals surface area contributed by atoms with Crippen molar-refractivity contribution in [2.75, 3.05) is 26.7 Å². The number of carbonyl (C=O) groups is 1. The van der Waals surface area contributed by atoms with Crippen molar-refractivity contribution in [1.82, 2.24) is 14.8 Å². The number of nitrogens with one attached hydrogen (secondary N) is 1. The Morgan fingerprint density at radius 3 is 2.70 bits per heavy atom. The highest BCUT2D eigenvalue weighted by Gasteiger charge is 2.26. The van der Waals surface area contributed by atoms with E-state index in [1.165, 1.54) is 4.57 Å². The molecule has 7 nitrogen and oxygen atoms in total. The lowest BCUT2D eigenvalue weighted by atomic mass is 10.0. The van der Waals surface area contributed by atoms with Gasteiger partial charge in [0.15, 0.2) is 5.58 Å². The van der Waals surface area contributed by atoms with Crippen LogP contribution >= 0.6 is 0 Å². The smallest absolute Gasteiger partial charge is 0.420 e. The first-order chi connectivity index (χ1) is 14.6. The summed E-state index contributed by atoms with van der Waals surface area (Å²) in [6.07, 6.45) is 2.31. The highest BCUT2D eigenvalue weighted by molar-refractivity contribution is 5.82. The molecule has 1 saturated heterocycles. The second-order valence-corrected chi connectivity index (χ2v) is 7.66. The molecule has 158 valence electrons. The standard InChI is InChI=1S/C23H27N3O4/c1-16(26-19-10-3-4-11-21(19)30-23(26)28)22(27)24-15-20(25-12-5-6-13-25)17-8-7-9-18(14-17)29-2/h3-4,7-11,14,16,20H,5-6,12-13,15H2,1-2H3,(H,24,27). The molecule has 0 aliphatic carbocycles. The molecule has 2 aromatic carbocycles. The Morgan fingerprint density at radius 1 is 1.17 bits per heavy atom. The van der Waals surface area contributed by atoms with Crippen molar-refractivity contribution in [3.8, 4) is 5.75 Å². The maximum Gasteiger partial charge on any atom is 0.420 e. The summed E-state index contributed by atoms with van der Waals surface area (Å²) in [4.78, 5) is 27.7. The first-order valence-electron chi connectivity index (χ1n) is 10.3. The van der Waals surface area contributed by atoms with Crippen LogP contribution in [0.3, 0.4) is 0 Å². The maximum absolute atomic E-state index is 13.0. The van der Waals surface area contributed by atoms with Gasteiger partial charge in [0.2, 0.25) is 5.91 Å². The Kier molecular flexibility index (Phi) is 5.90. The van der Waals surface area contributed by atoms with Gasteiger partial charge in [-0.15, -0.1) is 0 Å². The molecule has 0 saturated carbocycles. The van der Waals surface area contributed by atoms with Gasteiger partial charge in [0.1, 0.15) is 11.8 Å². The van der Waals surface area contributed by atoms with Crippen molar-refractivity contribution in [3.05, 3.63) is 64.6 Å². The van der Waals surface area contributed by atoms with Crippen LogP contribution in [0.2, 0.25) is 0 Å². The van der Waals surface area contributed by atoms with E-state index < -0.39 is 11.8 Å². The summed E-state index contributed by atoms with van der Waals surface area (Å²) < 4.78 is 12.1. The molecule has 2 atom stereocenters. The molecule has 30 heavy (non-hydrogen) atoms. The summed E-state index contributed by atoms with van der Waals surface area (Å²) in [5.41, 5.74) is 2.21. The Labute approximate surface area is 175 Å². The molecule has 0 radical (unpaired) electrons. The lowest BCUT2D eigenvalue weighted by molar-refractivity contribution is -0.124. The number of methoxy groups -OCH3 is 1. The van der Waals surface area contributed by atoms with Crippen molar-refractivity contribution < 1.29 is 13.9 Å². The molecule has 1 fully saturated rings. The van der Waals surface area contributed by atoms with E-state index in [4.69, 9.17) is 9.15 Å². The number of benzene rings is 2. The summed E-state index contributed by atoms with van der Waals surface area (Å²) in [5.74, 6) is 0.0614. The van der Waals surface area contributed by atoms with E-state index in [1.54, 1.807) is 32.2 Å². The summed E-state index contributed by atoms with van der Waals surface area (Å²) in [6.45, 7) is 4.17. The van der Waals surface area contributed by atoms with Crippen LogP contribution in [0, 0.1) is 0 Å². The minimum atomic E-state index is -0.675. The number of amides is 1. The van der Waals surface area contributed by atoms with Gasteiger partial charge in [-0.25, -0.2) is 4.79 Å². The minimum Gasteiger partial charge on any atom is -0.497 e.